The summed E-state index contributed by atoms with van der Waals surface area (Å²) >= 11 is 1.63. The topological polar surface area (TPSA) is 70.3 Å². The maximum atomic E-state index is 10.9. The highest BCUT2D eigenvalue weighted by Gasteiger charge is 2.18. The molecule has 0 saturated heterocycles. The van der Waals surface area contributed by atoms with E-state index in [2.05, 4.69) is 4.57 Å². The fraction of sp³-hybridized carbons (Fsp3) is 0.211. The molecule has 0 radical (unpaired) electrons. The number of rotatable bonds is 7. The van der Waals surface area contributed by atoms with Gasteiger partial charge in [-0.3, -0.25) is 0 Å². The Morgan fingerprint density at radius 1 is 1.12 bits per heavy atom. The number of aromatic nitrogens is 1. The van der Waals surface area contributed by atoms with Crippen molar-refractivity contribution in [3.63, 3.8) is 0 Å². The van der Waals surface area contributed by atoms with Crippen molar-refractivity contribution in [1.29, 1.82) is 0 Å². The van der Waals surface area contributed by atoms with E-state index in [9.17, 15) is 13.0 Å². The molecule has 26 heavy (non-hydrogen) atoms. The quantitative estimate of drug-likeness (QED) is 0.459. The molecule has 0 N–H and O–H groups in total. The van der Waals surface area contributed by atoms with Crippen LogP contribution in [0.4, 0.5) is 0 Å². The second-order valence-corrected chi connectivity index (χ2v) is 8.37. The van der Waals surface area contributed by atoms with Gasteiger partial charge in [0.25, 0.3) is 5.01 Å². The summed E-state index contributed by atoms with van der Waals surface area (Å²) < 4.78 is 41.0. The van der Waals surface area contributed by atoms with Crippen LogP contribution in [0.5, 0.6) is 5.75 Å². The SMILES string of the molecule is COc1ccc(/C=C/c2sc3ccccc3[n+]2CCCS(=O)(=O)[O-])cc1. The van der Waals surface area contributed by atoms with E-state index in [0.29, 0.717) is 13.0 Å². The lowest BCUT2D eigenvalue weighted by molar-refractivity contribution is -0.668. The second kappa shape index (κ2) is 7.99. The number of para-hydroxylation sites is 1. The van der Waals surface area contributed by atoms with Crippen LogP contribution in [0, 0.1) is 0 Å². The highest BCUT2D eigenvalue weighted by atomic mass is 32.2. The van der Waals surface area contributed by atoms with Crippen LogP contribution in [0.2, 0.25) is 0 Å². The summed E-state index contributed by atoms with van der Waals surface area (Å²) in [6.07, 6.45) is 4.31. The molecule has 0 amide bonds. The molecule has 0 bridgehead atoms. The average molecular weight is 389 g/mol. The maximum Gasteiger partial charge on any atom is 0.262 e. The zero-order valence-corrected chi connectivity index (χ0v) is 15.9. The third-order valence-electron chi connectivity index (χ3n) is 3.95. The largest absolute Gasteiger partial charge is 0.748 e. The van der Waals surface area contributed by atoms with Crippen LogP contribution < -0.4 is 9.30 Å². The molecule has 0 spiro atoms. The Morgan fingerprint density at radius 3 is 2.54 bits per heavy atom. The molecule has 0 aliphatic rings. The Bertz CT molecular complexity index is 1020. The molecule has 0 fully saturated rings. The number of thiazole rings is 1. The summed E-state index contributed by atoms with van der Waals surface area (Å²) in [5.74, 6) is 0.448. The van der Waals surface area contributed by atoms with E-state index in [-0.39, 0.29) is 5.75 Å². The molecule has 0 aliphatic carbocycles. The molecule has 0 aliphatic heterocycles. The number of aryl methyl sites for hydroxylation is 1. The third kappa shape index (κ3) is 4.69. The first-order valence-electron chi connectivity index (χ1n) is 8.13. The Kier molecular flexibility index (Phi) is 5.70. The minimum Gasteiger partial charge on any atom is -0.748 e. The predicted molar refractivity (Wildman–Crippen MR) is 103 cm³/mol. The molecular formula is C19H19NO4S2. The Morgan fingerprint density at radius 2 is 1.85 bits per heavy atom. The van der Waals surface area contributed by atoms with Crippen molar-refractivity contribution in [1.82, 2.24) is 0 Å². The number of fused-ring (bicyclic) bond motifs is 1. The van der Waals surface area contributed by atoms with Crippen LogP contribution in [0.15, 0.2) is 48.5 Å². The number of hydrogen-bond acceptors (Lipinski definition) is 5. The van der Waals surface area contributed by atoms with Crippen LogP contribution in [-0.2, 0) is 16.7 Å². The molecule has 2 aromatic carbocycles. The molecular weight excluding hydrogens is 370 g/mol. The van der Waals surface area contributed by atoms with Gasteiger partial charge in [-0.1, -0.05) is 35.6 Å². The average Bonchev–Trinajstić information content (AvgIpc) is 2.97. The number of ether oxygens (including phenoxy) is 1. The molecule has 136 valence electrons. The smallest absolute Gasteiger partial charge is 0.262 e. The summed E-state index contributed by atoms with van der Waals surface area (Å²) in [6, 6.07) is 15.7. The predicted octanol–water partition coefficient (Wildman–Crippen LogP) is 3.30. The fourth-order valence-electron chi connectivity index (χ4n) is 2.69. The lowest BCUT2D eigenvalue weighted by Crippen LogP contribution is -2.35. The summed E-state index contributed by atoms with van der Waals surface area (Å²) in [4.78, 5) is 0. The van der Waals surface area contributed by atoms with Crippen LogP contribution in [0.25, 0.3) is 22.4 Å². The Labute approximate surface area is 156 Å². The van der Waals surface area contributed by atoms with Gasteiger partial charge in [-0.05, 0) is 29.8 Å². The van der Waals surface area contributed by atoms with Gasteiger partial charge in [0.05, 0.1) is 17.2 Å². The molecule has 5 nitrogen and oxygen atoms in total. The Balaban J connectivity index is 1.88. The van der Waals surface area contributed by atoms with Crippen molar-refractivity contribution in [2.45, 2.75) is 13.0 Å². The molecule has 7 heteroatoms. The second-order valence-electron chi connectivity index (χ2n) is 5.78. The number of nitrogens with zero attached hydrogens (tertiary/aromatic N) is 1. The summed E-state index contributed by atoms with van der Waals surface area (Å²) in [5.41, 5.74) is 2.08. The van der Waals surface area contributed by atoms with Gasteiger partial charge in [0.2, 0.25) is 5.52 Å². The van der Waals surface area contributed by atoms with Crippen LogP contribution in [0.1, 0.15) is 17.0 Å². The van der Waals surface area contributed by atoms with Crippen molar-refractivity contribution < 1.29 is 22.3 Å². The van der Waals surface area contributed by atoms with E-state index in [4.69, 9.17) is 4.74 Å². The van der Waals surface area contributed by atoms with E-state index < -0.39 is 10.1 Å². The molecule has 0 atom stereocenters. The first-order valence-corrected chi connectivity index (χ1v) is 10.5. The monoisotopic (exact) mass is 389 g/mol. The fourth-order valence-corrected chi connectivity index (χ4v) is 4.26. The van der Waals surface area contributed by atoms with E-state index in [0.717, 1.165) is 26.5 Å². The highest BCUT2D eigenvalue weighted by Crippen LogP contribution is 2.22. The minimum atomic E-state index is -4.20. The third-order valence-corrected chi connectivity index (χ3v) is 5.87. The molecule has 3 aromatic rings. The minimum absolute atomic E-state index is 0.292. The van der Waals surface area contributed by atoms with Crippen molar-refractivity contribution in [2.75, 3.05) is 12.9 Å². The van der Waals surface area contributed by atoms with Gasteiger partial charge in [0.1, 0.15) is 10.4 Å². The first-order chi connectivity index (χ1) is 12.5. The van der Waals surface area contributed by atoms with E-state index >= 15 is 0 Å². The lowest BCUT2D eigenvalue weighted by Gasteiger charge is -2.04. The van der Waals surface area contributed by atoms with Crippen molar-refractivity contribution in [2.24, 2.45) is 0 Å². The molecule has 1 aromatic heterocycles. The maximum absolute atomic E-state index is 10.9. The van der Waals surface area contributed by atoms with E-state index in [1.807, 2.05) is 60.7 Å². The lowest BCUT2D eigenvalue weighted by atomic mass is 10.2. The van der Waals surface area contributed by atoms with E-state index in [1.165, 1.54) is 0 Å². The van der Waals surface area contributed by atoms with Gasteiger partial charge in [0.15, 0.2) is 6.54 Å². The van der Waals surface area contributed by atoms with Crippen molar-refractivity contribution in [3.8, 4) is 5.75 Å². The standard InChI is InChI=1S/C19H19NO4S2/c1-24-16-10-7-15(8-11-16)9-12-19-20(13-4-14-26(21,22)23)17-5-2-3-6-18(17)25-19/h2-3,5-12H,4,13-14H2,1H3/b12-9+. The van der Waals surface area contributed by atoms with Crippen LogP contribution in [0.3, 0.4) is 0 Å². The van der Waals surface area contributed by atoms with E-state index in [1.54, 1.807) is 18.4 Å². The van der Waals surface area contributed by atoms with Crippen LogP contribution >= 0.6 is 11.3 Å². The molecule has 1 heterocycles. The zero-order chi connectivity index (χ0) is 18.6. The normalized spacial score (nSPS) is 12.1. The van der Waals surface area contributed by atoms with Crippen molar-refractivity contribution in [3.05, 3.63) is 59.1 Å². The molecule has 0 saturated carbocycles. The zero-order valence-electron chi connectivity index (χ0n) is 14.3. The van der Waals surface area contributed by atoms with Gasteiger partial charge in [-0.2, -0.15) is 4.57 Å². The van der Waals surface area contributed by atoms with Crippen molar-refractivity contribution >= 4 is 43.8 Å². The van der Waals surface area contributed by atoms with Gasteiger partial charge in [-0.15, -0.1) is 0 Å². The number of methoxy groups -OCH3 is 1. The number of benzene rings is 2. The van der Waals surface area contributed by atoms with Crippen LogP contribution in [-0.4, -0.2) is 25.8 Å². The molecule has 0 unspecified atom stereocenters. The number of hydrogen-bond donors (Lipinski definition) is 0. The summed E-state index contributed by atoms with van der Waals surface area (Å²) in [5, 5.41) is 1.00. The summed E-state index contributed by atoms with van der Waals surface area (Å²) in [6.45, 7) is 0.480. The molecule has 3 rings (SSSR count). The summed E-state index contributed by atoms with van der Waals surface area (Å²) in [7, 11) is -2.56. The van der Waals surface area contributed by atoms with Gasteiger partial charge in [-0.25, -0.2) is 8.42 Å². The van der Waals surface area contributed by atoms with Gasteiger partial charge >= 0.3 is 0 Å². The van der Waals surface area contributed by atoms with Gasteiger partial charge in [0, 0.05) is 24.3 Å². The Hall–Kier alpha value is -2.22. The van der Waals surface area contributed by atoms with Gasteiger partial charge < -0.3 is 9.29 Å². The highest BCUT2D eigenvalue weighted by molar-refractivity contribution is 7.85. The first kappa shape index (κ1) is 18.6.